The Bertz CT molecular complexity index is 1010. The van der Waals surface area contributed by atoms with Crippen LogP contribution in [0.2, 0.25) is 0 Å². The van der Waals surface area contributed by atoms with Crippen LogP contribution in [0, 0.1) is 5.82 Å². The zero-order valence-electron chi connectivity index (χ0n) is 14.7. The molecule has 1 aliphatic heterocycles. The lowest BCUT2D eigenvalue weighted by molar-refractivity contribution is -0.133. The number of piperidine rings is 1. The first-order valence-electron chi connectivity index (χ1n) is 8.96. The Morgan fingerprint density at radius 3 is 2.89 bits per heavy atom. The second-order valence-electron chi connectivity index (χ2n) is 6.72. The summed E-state index contributed by atoms with van der Waals surface area (Å²) in [5, 5.41) is 3.62. The van der Waals surface area contributed by atoms with Gasteiger partial charge in [0.2, 0.25) is 5.91 Å². The summed E-state index contributed by atoms with van der Waals surface area (Å²) in [7, 11) is 0. The lowest BCUT2D eigenvalue weighted by Crippen LogP contribution is -2.34. The first-order valence-corrected chi connectivity index (χ1v) is 9.77. The quantitative estimate of drug-likeness (QED) is 0.704. The van der Waals surface area contributed by atoms with Gasteiger partial charge in [0.05, 0.1) is 4.88 Å². The molecule has 6 heteroatoms. The fraction of sp³-hybridized carbons (Fsp3) is 0.238. The summed E-state index contributed by atoms with van der Waals surface area (Å²) in [6.07, 6.45) is 2.61. The second-order valence-corrected chi connectivity index (χ2v) is 7.80. The van der Waals surface area contributed by atoms with E-state index in [0.29, 0.717) is 23.5 Å². The van der Waals surface area contributed by atoms with Gasteiger partial charge in [-0.1, -0.05) is 12.1 Å². The second kappa shape index (κ2) is 7.48. The Balaban J connectivity index is 1.48. The van der Waals surface area contributed by atoms with Crippen molar-refractivity contribution < 1.29 is 14.0 Å². The van der Waals surface area contributed by atoms with Crippen LogP contribution in [0.4, 0.5) is 10.1 Å². The van der Waals surface area contributed by atoms with E-state index in [1.54, 1.807) is 12.1 Å². The van der Waals surface area contributed by atoms with Gasteiger partial charge in [0.25, 0.3) is 5.91 Å². The van der Waals surface area contributed by atoms with Crippen molar-refractivity contribution in [2.45, 2.75) is 25.8 Å². The van der Waals surface area contributed by atoms with Crippen LogP contribution in [-0.2, 0) is 11.3 Å². The first kappa shape index (κ1) is 17.7. The molecule has 2 heterocycles. The third-order valence-corrected chi connectivity index (χ3v) is 5.80. The molecule has 0 atom stereocenters. The van der Waals surface area contributed by atoms with Crippen LogP contribution in [0.15, 0.2) is 48.5 Å². The van der Waals surface area contributed by atoms with Gasteiger partial charge in [-0.3, -0.25) is 9.59 Å². The topological polar surface area (TPSA) is 49.4 Å². The molecule has 2 aromatic carbocycles. The monoisotopic (exact) mass is 382 g/mol. The van der Waals surface area contributed by atoms with Crippen LogP contribution in [0.3, 0.4) is 0 Å². The standard InChI is InChI=1S/C21H19FN2O2S/c22-16-7-8-18-15(11-16)12-19(27-18)21(26)23-17-5-3-4-14(10-17)13-24-9-2-1-6-20(24)25/h3-5,7-8,10-12H,1-2,6,9,13H2,(H,23,26). The van der Waals surface area contributed by atoms with Crippen molar-refractivity contribution in [1.29, 1.82) is 0 Å². The van der Waals surface area contributed by atoms with Crippen molar-refractivity contribution in [2.75, 3.05) is 11.9 Å². The van der Waals surface area contributed by atoms with Gasteiger partial charge in [0.15, 0.2) is 0 Å². The molecule has 2 amide bonds. The number of rotatable bonds is 4. The maximum absolute atomic E-state index is 13.3. The predicted molar refractivity (Wildman–Crippen MR) is 105 cm³/mol. The molecule has 0 saturated carbocycles. The summed E-state index contributed by atoms with van der Waals surface area (Å²) in [5.41, 5.74) is 1.67. The lowest BCUT2D eigenvalue weighted by atomic mass is 10.1. The van der Waals surface area contributed by atoms with Crippen LogP contribution in [0.25, 0.3) is 10.1 Å². The normalized spacial score (nSPS) is 14.6. The highest BCUT2D eigenvalue weighted by Gasteiger charge is 2.18. The van der Waals surface area contributed by atoms with Crippen molar-refractivity contribution in [3.8, 4) is 0 Å². The summed E-state index contributed by atoms with van der Waals surface area (Å²) >= 11 is 1.33. The summed E-state index contributed by atoms with van der Waals surface area (Å²) < 4.78 is 14.2. The molecule has 138 valence electrons. The molecule has 0 aliphatic carbocycles. The Kier molecular flexibility index (Phi) is 4.90. The summed E-state index contributed by atoms with van der Waals surface area (Å²) in [4.78, 5) is 26.9. The maximum atomic E-state index is 13.3. The molecule has 4 rings (SSSR count). The summed E-state index contributed by atoms with van der Waals surface area (Å²) in [6.45, 7) is 1.35. The van der Waals surface area contributed by atoms with Crippen LogP contribution in [0.5, 0.6) is 0 Å². The highest BCUT2D eigenvalue weighted by Crippen LogP contribution is 2.27. The van der Waals surface area contributed by atoms with Crippen molar-refractivity contribution in [1.82, 2.24) is 4.90 Å². The molecule has 0 bridgehead atoms. The third kappa shape index (κ3) is 4.01. The minimum absolute atomic E-state index is 0.188. The number of hydrogen-bond acceptors (Lipinski definition) is 3. The number of fused-ring (bicyclic) bond motifs is 1. The number of anilines is 1. The van der Waals surface area contributed by atoms with Gasteiger partial charge in [0, 0.05) is 29.9 Å². The van der Waals surface area contributed by atoms with E-state index in [9.17, 15) is 14.0 Å². The molecule has 1 fully saturated rings. The maximum Gasteiger partial charge on any atom is 0.265 e. The van der Waals surface area contributed by atoms with Crippen molar-refractivity contribution in [3.63, 3.8) is 0 Å². The predicted octanol–water partition coefficient (Wildman–Crippen LogP) is 4.81. The summed E-state index contributed by atoms with van der Waals surface area (Å²) in [5.74, 6) is -0.344. The van der Waals surface area contributed by atoms with E-state index in [2.05, 4.69) is 5.32 Å². The smallest absolute Gasteiger partial charge is 0.265 e. The zero-order valence-corrected chi connectivity index (χ0v) is 15.5. The minimum atomic E-state index is -0.313. The van der Waals surface area contributed by atoms with E-state index in [4.69, 9.17) is 0 Å². The molecular formula is C21H19FN2O2S. The van der Waals surface area contributed by atoms with Crippen molar-refractivity contribution in [2.24, 2.45) is 0 Å². The Morgan fingerprint density at radius 1 is 1.15 bits per heavy atom. The van der Waals surface area contributed by atoms with E-state index >= 15 is 0 Å². The molecule has 3 aromatic rings. The molecule has 1 N–H and O–H groups in total. The number of likely N-dealkylation sites (tertiary alicyclic amines) is 1. The summed E-state index contributed by atoms with van der Waals surface area (Å²) in [6, 6.07) is 13.8. The molecule has 1 aliphatic rings. The zero-order chi connectivity index (χ0) is 18.8. The van der Waals surface area contributed by atoms with Crippen LogP contribution in [0.1, 0.15) is 34.5 Å². The Labute approximate surface area is 160 Å². The fourth-order valence-corrected chi connectivity index (χ4v) is 4.25. The first-order chi connectivity index (χ1) is 13.1. The van der Waals surface area contributed by atoms with Gasteiger partial charge < -0.3 is 10.2 Å². The van der Waals surface area contributed by atoms with Crippen LogP contribution < -0.4 is 5.32 Å². The third-order valence-electron chi connectivity index (χ3n) is 4.68. The van der Waals surface area contributed by atoms with Gasteiger partial charge in [-0.25, -0.2) is 4.39 Å². The molecule has 1 aromatic heterocycles. The van der Waals surface area contributed by atoms with Gasteiger partial charge in [0.1, 0.15) is 5.82 Å². The van der Waals surface area contributed by atoms with Gasteiger partial charge in [-0.2, -0.15) is 0 Å². The highest BCUT2D eigenvalue weighted by atomic mass is 32.1. The van der Waals surface area contributed by atoms with Crippen LogP contribution >= 0.6 is 11.3 Å². The number of benzene rings is 2. The number of hydrogen-bond donors (Lipinski definition) is 1. The van der Waals surface area contributed by atoms with Gasteiger partial charge in [-0.15, -0.1) is 11.3 Å². The molecule has 0 unspecified atom stereocenters. The van der Waals surface area contributed by atoms with E-state index < -0.39 is 0 Å². The number of nitrogens with one attached hydrogen (secondary N) is 1. The molecule has 27 heavy (non-hydrogen) atoms. The number of carbonyl (C=O) groups is 2. The van der Waals surface area contributed by atoms with Crippen molar-refractivity contribution >= 4 is 38.9 Å². The molecule has 1 saturated heterocycles. The number of amides is 2. The number of nitrogens with zero attached hydrogens (tertiary/aromatic N) is 1. The van der Waals surface area contributed by atoms with Crippen molar-refractivity contribution in [3.05, 3.63) is 64.8 Å². The minimum Gasteiger partial charge on any atom is -0.338 e. The largest absolute Gasteiger partial charge is 0.338 e. The van der Waals surface area contributed by atoms with Gasteiger partial charge in [-0.05, 0) is 60.2 Å². The average Bonchev–Trinajstić information content (AvgIpc) is 3.07. The molecule has 0 radical (unpaired) electrons. The van der Waals surface area contributed by atoms with E-state index in [0.717, 1.165) is 35.0 Å². The molecule has 0 spiro atoms. The van der Waals surface area contributed by atoms with Gasteiger partial charge >= 0.3 is 0 Å². The fourth-order valence-electron chi connectivity index (χ4n) is 3.32. The Hall–Kier alpha value is -2.73. The number of halogens is 1. The lowest BCUT2D eigenvalue weighted by Gasteiger charge is -2.26. The molecule has 4 nitrogen and oxygen atoms in total. The van der Waals surface area contributed by atoms with E-state index in [1.807, 2.05) is 29.2 Å². The average molecular weight is 382 g/mol. The SMILES string of the molecule is O=C(Nc1cccc(CN2CCCCC2=O)c1)c1cc2cc(F)ccc2s1. The number of thiophene rings is 1. The highest BCUT2D eigenvalue weighted by molar-refractivity contribution is 7.20. The Morgan fingerprint density at radius 2 is 2.04 bits per heavy atom. The number of carbonyl (C=O) groups excluding carboxylic acids is 2. The van der Waals surface area contributed by atoms with Crippen LogP contribution in [-0.4, -0.2) is 23.3 Å². The van der Waals surface area contributed by atoms with E-state index in [1.165, 1.54) is 23.5 Å². The molecular weight excluding hydrogens is 363 g/mol. The van der Waals surface area contributed by atoms with E-state index in [-0.39, 0.29) is 17.6 Å².